The standard InChI is InChI=1S/C25H27ClN4O2/c1-4-17-13-20-21(14-18(17)12-15(2)3)30(11-5-6-16-7-9-19(26)10-8-16)23-22(27-20)24(31)29-25(32)28-23/h7-10,13-15H,4-6,11-12H2,1-3H3,(H,29,31,32). The lowest BCUT2D eigenvalue weighted by Gasteiger charge is -2.19. The van der Waals surface area contributed by atoms with Gasteiger partial charge in [0.2, 0.25) is 0 Å². The van der Waals surface area contributed by atoms with Crippen molar-refractivity contribution >= 4 is 22.6 Å². The number of aromatic amines is 1. The van der Waals surface area contributed by atoms with Crippen LogP contribution in [0, 0.1) is 5.92 Å². The maximum Gasteiger partial charge on any atom is 0.349 e. The summed E-state index contributed by atoms with van der Waals surface area (Å²) in [5.41, 5.74) is 4.38. The number of benzene rings is 2. The van der Waals surface area contributed by atoms with E-state index in [2.05, 4.69) is 47.9 Å². The van der Waals surface area contributed by atoms with Crippen molar-refractivity contribution in [3.63, 3.8) is 0 Å². The van der Waals surface area contributed by atoms with E-state index >= 15 is 0 Å². The van der Waals surface area contributed by atoms with E-state index in [4.69, 9.17) is 11.6 Å². The molecular formula is C25H27ClN4O2. The molecule has 4 rings (SSSR count). The van der Waals surface area contributed by atoms with E-state index < -0.39 is 11.2 Å². The zero-order valence-electron chi connectivity index (χ0n) is 18.6. The van der Waals surface area contributed by atoms with Crippen molar-refractivity contribution in [1.82, 2.24) is 19.5 Å². The van der Waals surface area contributed by atoms with Crippen molar-refractivity contribution in [2.45, 2.75) is 53.0 Å². The van der Waals surface area contributed by atoms with Gasteiger partial charge < -0.3 is 4.57 Å². The van der Waals surface area contributed by atoms with Crippen LogP contribution in [0.1, 0.15) is 43.9 Å². The molecule has 2 aliphatic heterocycles. The van der Waals surface area contributed by atoms with Crippen molar-refractivity contribution in [3.8, 4) is 11.5 Å². The van der Waals surface area contributed by atoms with Crippen LogP contribution in [0.4, 0.5) is 0 Å². The van der Waals surface area contributed by atoms with E-state index in [1.807, 2.05) is 28.8 Å². The largest absolute Gasteiger partial charge is 0.349 e. The van der Waals surface area contributed by atoms with Crippen LogP contribution >= 0.6 is 11.6 Å². The molecule has 0 aliphatic carbocycles. The van der Waals surface area contributed by atoms with Crippen LogP contribution in [0.15, 0.2) is 46.0 Å². The molecule has 2 aromatic rings. The maximum atomic E-state index is 12.5. The Morgan fingerprint density at radius 3 is 2.50 bits per heavy atom. The van der Waals surface area contributed by atoms with Gasteiger partial charge in [-0.1, -0.05) is 44.5 Å². The van der Waals surface area contributed by atoms with Crippen molar-refractivity contribution < 1.29 is 0 Å². The fourth-order valence-electron chi connectivity index (χ4n) is 4.21. The smallest absolute Gasteiger partial charge is 0.322 e. The topological polar surface area (TPSA) is 80.6 Å². The minimum absolute atomic E-state index is 0.197. The predicted octanol–water partition coefficient (Wildman–Crippen LogP) is 4.63. The number of nitrogens with one attached hydrogen (secondary N) is 1. The molecule has 166 valence electrons. The second kappa shape index (κ2) is 9.25. The molecule has 0 saturated carbocycles. The summed E-state index contributed by atoms with van der Waals surface area (Å²) in [6.07, 6.45) is 3.51. The van der Waals surface area contributed by atoms with E-state index in [-0.39, 0.29) is 5.69 Å². The Labute approximate surface area is 191 Å². The van der Waals surface area contributed by atoms with Gasteiger partial charge in [-0.2, -0.15) is 4.98 Å². The van der Waals surface area contributed by atoms with Gasteiger partial charge in [0.1, 0.15) is 0 Å². The van der Waals surface area contributed by atoms with Gasteiger partial charge in [-0.3, -0.25) is 9.78 Å². The monoisotopic (exact) mass is 450 g/mol. The summed E-state index contributed by atoms with van der Waals surface area (Å²) in [5, 5.41) is 0.713. The fraction of sp³-hybridized carbons (Fsp3) is 0.360. The second-order valence-corrected chi connectivity index (χ2v) is 9.03. The lowest BCUT2D eigenvalue weighted by atomic mass is 9.95. The average Bonchev–Trinajstić information content (AvgIpc) is 2.74. The quantitative estimate of drug-likeness (QED) is 0.416. The molecule has 0 bridgehead atoms. The molecule has 2 aliphatic rings. The predicted molar refractivity (Wildman–Crippen MR) is 129 cm³/mol. The van der Waals surface area contributed by atoms with Crippen LogP contribution in [0.5, 0.6) is 0 Å². The molecule has 2 heterocycles. The molecule has 32 heavy (non-hydrogen) atoms. The van der Waals surface area contributed by atoms with Crippen molar-refractivity contribution in [2.75, 3.05) is 0 Å². The van der Waals surface area contributed by atoms with Crippen LogP contribution in [-0.2, 0) is 25.8 Å². The fourth-order valence-corrected chi connectivity index (χ4v) is 4.33. The average molecular weight is 451 g/mol. The number of hydrogen-bond donors (Lipinski definition) is 1. The Balaban J connectivity index is 1.84. The van der Waals surface area contributed by atoms with Gasteiger partial charge in [0.25, 0.3) is 5.56 Å². The maximum absolute atomic E-state index is 12.5. The molecule has 6 nitrogen and oxygen atoms in total. The van der Waals surface area contributed by atoms with Crippen LogP contribution in [0.25, 0.3) is 22.6 Å². The highest BCUT2D eigenvalue weighted by molar-refractivity contribution is 6.30. The molecule has 0 fully saturated rings. The molecule has 7 heteroatoms. The van der Waals surface area contributed by atoms with E-state index in [0.717, 1.165) is 36.7 Å². The van der Waals surface area contributed by atoms with Crippen LogP contribution in [-0.4, -0.2) is 19.5 Å². The third kappa shape index (κ3) is 4.60. The third-order valence-corrected chi connectivity index (χ3v) is 5.95. The number of fused-ring (bicyclic) bond motifs is 2. The number of aryl methyl sites for hydroxylation is 3. The van der Waals surface area contributed by atoms with Gasteiger partial charge in [-0.15, -0.1) is 0 Å². The summed E-state index contributed by atoms with van der Waals surface area (Å²) in [5.74, 6) is 0.848. The van der Waals surface area contributed by atoms with Crippen molar-refractivity contribution in [2.24, 2.45) is 5.92 Å². The summed E-state index contributed by atoms with van der Waals surface area (Å²) in [4.78, 5) is 35.5. The first-order valence-corrected chi connectivity index (χ1v) is 11.4. The van der Waals surface area contributed by atoms with Gasteiger partial charge >= 0.3 is 5.69 Å². The number of hydrogen-bond acceptors (Lipinski definition) is 4. The first kappa shape index (κ1) is 22.2. The minimum atomic E-state index is -0.650. The lowest BCUT2D eigenvalue weighted by Crippen LogP contribution is -2.29. The molecule has 2 aromatic carbocycles. The van der Waals surface area contributed by atoms with Gasteiger partial charge in [0.15, 0.2) is 11.5 Å². The Morgan fingerprint density at radius 2 is 1.81 bits per heavy atom. The Hall–Kier alpha value is -2.99. The SMILES string of the molecule is CCc1cc2nc3c(=O)[nH]c(=O)nc-3n(CCCc3ccc(Cl)cc3)c2cc1CC(C)C. The highest BCUT2D eigenvalue weighted by atomic mass is 35.5. The molecule has 1 N–H and O–H groups in total. The molecule has 0 amide bonds. The van der Waals surface area contributed by atoms with Gasteiger partial charge in [-0.05, 0) is 72.6 Å². The lowest BCUT2D eigenvalue weighted by molar-refractivity contribution is 0.638. The van der Waals surface area contributed by atoms with Crippen LogP contribution in [0.3, 0.4) is 0 Å². The molecule has 0 unspecified atom stereocenters. The van der Waals surface area contributed by atoms with Gasteiger partial charge in [0.05, 0.1) is 11.0 Å². The van der Waals surface area contributed by atoms with Gasteiger partial charge in [-0.25, -0.2) is 9.78 Å². The zero-order valence-corrected chi connectivity index (χ0v) is 19.4. The summed E-state index contributed by atoms with van der Waals surface area (Å²) in [6.45, 7) is 7.14. The summed E-state index contributed by atoms with van der Waals surface area (Å²) < 4.78 is 1.98. The van der Waals surface area contributed by atoms with Crippen molar-refractivity contribution in [1.29, 1.82) is 0 Å². The number of H-pyrrole nitrogens is 1. The highest BCUT2D eigenvalue weighted by Gasteiger charge is 2.20. The summed E-state index contributed by atoms with van der Waals surface area (Å²) in [7, 11) is 0. The Kier molecular flexibility index (Phi) is 6.42. The number of nitrogens with zero attached hydrogens (tertiary/aromatic N) is 3. The third-order valence-electron chi connectivity index (χ3n) is 5.70. The number of halogens is 1. The summed E-state index contributed by atoms with van der Waals surface area (Å²) in [6, 6.07) is 12.0. The van der Waals surface area contributed by atoms with Crippen molar-refractivity contribution in [3.05, 3.63) is 78.9 Å². The minimum Gasteiger partial charge on any atom is -0.322 e. The Bertz CT molecular complexity index is 1340. The molecule has 0 atom stereocenters. The molecule has 0 radical (unpaired) electrons. The molecule has 0 spiro atoms. The summed E-state index contributed by atoms with van der Waals surface area (Å²) >= 11 is 6.00. The number of aromatic nitrogens is 4. The Morgan fingerprint density at radius 1 is 1.06 bits per heavy atom. The zero-order chi connectivity index (χ0) is 22.8. The van der Waals surface area contributed by atoms with Crippen LogP contribution in [0.2, 0.25) is 5.02 Å². The first-order valence-electron chi connectivity index (χ1n) is 11.1. The highest BCUT2D eigenvalue weighted by Crippen LogP contribution is 2.26. The molecule has 0 aromatic heterocycles. The normalized spacial score (nSPS) is 11.7. The molecular weight excluding hydrogens is 424 g/mol. The first-order chi connectivity index (χ1) is 15.4. The second-order valence-electron chi connectivity index (χ2n) is 8.60. The van der Waals surface area contributed by atoms with Crippen LogP contribution < -0.4 is 11.2 Å². The van der Waals surface area contributed by atoms with E-state index in [9.17, 15) is 9.59 Å². The van der Waals surface area contributed by atoms with E-state index in [1.54, 1.807) is 0 Å². The number of rotatable bonds is 7. The van der Waals surface area contributed by atoms with E-state index in [0.29, 0.717) is 23.3 Å². The van der Waals surface area contributed by atoms with Gasteiger partial charge in [0, 0.05) is 11.6 Å². The molecule has 0 saturated heterocycles. The van der Waals surface area contributed by atoms with E-state index in [1.165, 1.54) is 16.7 Å².